The molecule has 4 rings (SSSR count). The molecular formula is C14H24N2NaO3PS. The van der Waals surface area contributed by atoms with Gasteiger partial charge in [0.05, 0.1) is 5.75 Å². The minimum atomic E-state index is -4.31. The van der Waals surface area contributed by atoms with Gasteiger partial charge >= 0.3 is 29.6 Å². The van der Waals surface area contributed by atoms with Crippen LogP contribution in [0.15, 0.2) is 4.99 Å². The molecule has 0 aromatic heterocycles. The smallest absolute Gasteiger partial charge is 0.770 e. The zero-order valence-electron chi connectivity index (χ0n) is 13.5. The minimum absolute atomic E-state index is 0. The predicted octanol–water partition coefficient (Wildman–Crippen LogP) is -0.852. The third-order valence-electron chi connectivity index (χ3n) is 5.47. The topological polar surface area (TPSA) is 98.7 Å². The molecule has 4 bridgehead atoms. The second kappa shape index (κ2) is 6.70. The molecule has 0 saturated heterocycles. The number of aliphatic imine (C=N–C) groups is 1. The minimum Gasteiger partial charge on any atom is -0.770 e. The molecule has 4 aliphatic carbocycles. The van der Waals surface area contributed by atoms with E-state index < -0.39 is 6.80 Å². The summed E-state index contributed by atoms with van der Waals surface area (Å²) in [4.78, 5) is 23.9. The van der Waals surface area contributed by atoms with Crippen LogP contribution in [0.1, 0.15) is 45.4 Å². The molecule has 0 aromatic carbocycles. The molecule has 0 radical (unpaired) electrons. The van der Waals surface area contributed by atoms with Gasteiger partial charge in [0.15, 0.2) is 6.80 Å². The van der Waals surface area contributed by atoms with Gasteiger partial charge in [0.25, 0.3) is 0 Å². The molecule has 4 fully saturated rings. The fraction of sp³-hybridized carbons (Fsp3) is 0.929. The van der Waals surface area contributed by atoms with Gasteiger partial charge in [0.1, 0.15) is 5.84 Å². The van der Waals surface area contributed by atoms with E-state index in [0.717, 1.165) is 18.4 Å². The molecule has 0 heterocycles. The van der Waals surface area contributed by atoms with E-state index in [1.54, 1.807) is 0 Å². The Hall–Kier alpha value is 0.970. The zero-order chi connectivity index (χ0) is 15.3. The van der Waals surface area contributed by atoms with Crippen molar-refractivity contribution in [3.05, 3.63) is 0 Å². The Kier molecular flexibility index (Phi) is 5.88. The molecule has 120 valence electrons. The Morgan fingerprint density at radius 3 is 2.50 bits per heavy atom. The molecule has 22 heavy (non-hydrogen) atoms. The summed E-state index contributed by atoms with van der Waals surface area (Å²) in [5.74, 6) is 2.08. The molecule has 3 atom stereocenters. The van der Waals surface area contributed by atoms with Crippen LogP contribution in [0, 0.1) is 22.7 Å². The first kappa shape index (κ1) is 19.3. The third-order valence-corrected chi connectivity index (χ3v) is 7.59. The summed E-state index contributed by atoms with van der Waals surface area (Å²) < 4.78 is 10.7. The van der Waals surface area contributed by atoms with E-state index in [4.69, 9.17) is 10.6 Å². The average Bonchev–Trinajstić information content (AvgIpc) is 2.30. The first-order valence-electron chi connectivity index (χ1n) is 7.64. The summed E-state index contributed by atoms with van der Waals surface area (Å²) in [6.07, 6.45) is 7.85. The standard InChI is InChI=1S/C14H25N2O3PS.Na/c1-13-3-10-2-11(4-13)6-14(5-10,8-13)9-16-12(15)7-21-20(17,18)19;/h10-11H,2-9H2,1H3,(H2,15,16)(H2,17,18,19);/q;+1/p-1. The number of nitrogens with two attached hydrogens (primary N) is 1. The van der Waals surface area contributed by atoms with Gasteiger partial charge in [0.2, 0.25) is 0 Å². The maximum absolute atomic E-state index is 10.7. The van der Waals surface area contributed by atoms with E-state index in [1.165, 1.54) is 38.5 Å². The summed E-state index contributed by atoms with van der Waals surface area (Å²) >= 11 is 0.458. The molecule has 0 spiro atoms. The van der Waals surface area contributed by atoms with Crippen LogP contribution in [0.25, 0.3) is 0 Å². The van der Waals surface area contributed by atoms with Crippen LogP contribution in [-0.2, 0) is 4.57 Å². The number of hydrogen-bond acceptors (Lipinski definition) is 4. The SMILES string of the molecule is CC12CC3CC(C1)CC(CN=C(N)CSP(=O)([O-])O)(C3)C2.[Na+]. The predicted molar refractivity (Wildman–Crippen MR) is 84.0 cm³/mol. The Labute approximate surface area is 158 Å². The van der Waals surface area contributed by atoms with Gasteiger partial charge in [-0.3, -0.25) is 9.56 Å². The number of amidine groups is 1. The van der Waals surface area contributed by atoms with Gasteiger partial charge in [0, 0.05) is 6.54 Å². The van der Waals surface area contributed by atoms with Crippen LogP contribution >= 0.6 is 18.2 Å². The molecule has 8 heteroatoms. The third kappa shape index (κ3) is 4.53. The summed E-state index contributed by atoms with van der Waals surface area (Å²) in [5.41, 5.74) is 6.57. The molecule has 0 aliphatic heterocycles. The molecular weight excluding hydrogens is 330 g/mol. The van der Waals surface area contributed by atoms with Gasteiger partial charge < -0.3 is 15.5 Å². The Morgan fingerprint density at radius 1 is 1.41 bits per heavy atom. The van der Waals surface area contributed by atoms with Gasteiger partial charge in [-0.25, -0.2) is 0 Å². The first-order chi connectivity index (χ1) is 9.67. The van der Waals surface area contributed by atoms with Crippen molar-refractivity contribution >= 4 is 24.0 Å². The molecule has 3 unspecified atom stereocenters. The van der Waals surface area contributed by atoms with E-state index in [-0.39, 0.29) is 40.7 Å². The van der Waals surface area contributed by atoms with Crippen molar-refractivity contribution < 1.29 is 43.9 Å². The van der Waals surface area contributed by atoms with Crippen molar-refractivity contribution in [2.45, 2.75) is 45.4 Å². The van der Waals surface area contributed by atoms with Crippen molar-refractivity contribution in [3.63, 3.8) is 0 Å². The second-order valence-corrected chi connectivity index (χ2v) is 11.5. The van der Waals surface area contributed by atoms with E-state index in [9.17, 15) is 9.46 Å². The maximum atomic E-state index is 10.7. The van der Waals surface area contributed by atoms with Gasteiger partial charge in [-0.05, 0) is 61.2 Å². The number of hydrogen-bond donors (Lipinski definition) is 2. The Morgan fingerprint density at radius 2 is 2.00 bits per heavy atom. The van der Waals surface area contributed by atoms with Crippen molar-refractivity contribution in [2.75, 3.05) is 12.3 Å². The largest absolute Gasteiger partial charge is 1.00 e. The summed E-state index contributed by atoms with van der Waals surface area (Å²) in [6.45, 7) is -1.17. The van der Waals surface area contributed by atoms with Crippen LogP contribution in [0.2, 0.25) is 0 Å². The summed E-state index contributed by atoms with van der Waals surface area (Å²) in [5, 5.41) is 0. The fourth-order valence-corrected chi connectivity index (χ4v) is 6.85. The van der Waals surface area contributed by atoms with E-state index in [1.807, 2.05) is 0 Å². The van der Waals surface area contributed by atoms with E-state index in [0.29, 0.717) is 22.6 Å². The fourth-order valence-electron chi connectivity index (χ4n) is 5.58. The molecule has 0 amide bonds. The van der Waals surface area contributed by atoms with Crippen LogP contribution in [0.5, 0.6) is 0 Å². The van der Waals surface area contributed by atoms with Crippen LogP contribution in [-0.4, -0.2) is 23.0 Å². The van der Waals surface area contributed by atoms with E-state index in [2.05, 4.69) is 11.9 Å². The van der Waals surface area contributed by atoms with Gasteiger partial charge in [-0.15, -0.1) is 0 Å². The van der Waals surface area contributed by atoms with Gasteiger partial charge in [-0.1, -0.05) is 18.3 Å². The molecule has 4 saturated carbocycles. The molecule has 5 nitrogen and oxygen atoms in total. The summed E-state index contributed by atoms with van der Waals surface area (Å²) in [7, 11) is 0. The monoisotopic (exact) mass is 354 g/mol. The maximum Gasteiger partial charge on any atom is 1.00 e. The Bertz CT molecular complexity index is 496. The average molecular weight is 354 g/mol. The van der Waals surface area contributed by atoms with Crippen LogP contribution < -0.4 is 40.2 Å². The van der Waals surface area contributed by atoms with Crippen molar-refractivity contribution in [2.24, 2.45) is 33.4 Å². The van der Waals surface area contributed by atoms with Crippen molar-refractivity contribution in [1.29, 1.82) is 0 Å². The molecule has 4 aliphatic rings. The quantitative estimate of drug-likeness (QED) is 0.290. The summed E-state index contributed by atoms with van der Waals surface area (Å²) in [6, 6.07) is 0. The number of rotatable bonds is 5. The normalized spacial score (nSPS) is 42.8. The van der Waals surface area contributed by atoms with Gasteiger partial charge in [-0.2, -0.15) is 0 Å². The Balaban J connectivity index is 0.00000176. The van der Waals surface area contributed by atoms with Crippen LogP contribution in [0.4, 0.5) is 0 Å². The van der Waals surface area contributed by atoms with Crippen molar-refractivity contribution in [3.8, 4) is 0 Å². The van der Waals surface area contributed by atoms with Crippen LogP contribution in [0.3, 0.4) is 0 Å². The van der Waals surface area contributed by atoms with Crippen molar-refractivity contribution in [1.82, 2.24) is 0 Å². The van der Waals surface area contributed by atoms with E-state index >= 15 is 0 Å². The number of nitrogens with zero attached hydrogens (tertiary/aromatic N) is 1. The molecule has 3 N–H and O–H groups in total. The molecule has 0 aromatic rings. The zero-order valence-corrected chi connectivity index (χ0v) is 17.2. The first-order valence-corrected chi connectivity index (χ1v) is 10.8. The second-order valence-electron chi connectivity index (χ2n) is 7.82.